The average Bonchev–Trinajstić information content (AvgIpc) is 2.61. The molecule has 0 saturated carbocycles. The molecule has 0 aliphatic heterocycles. The Labute approximate surface area is 152 Å². The van der Waals surface area contributed by atoms with Gasteiger partial charge in [0.1, 0.15) is 11.9 Å². The maximum Gasteiger partial charge on any atom is 0.330 e. The fraction of sp³-hybridized carbons (Fsp3) is 0.588. The van der Waals surface area contributed by atoms with Gasteiger partial charge in [0.25, 0.3) is 11.5 Å². The van der Waals surface area contributed by atoms with Gasteiger partial charge in [-0.25, -0.2) is 4.79 Å². The van der Waals surface area contributed by atoms with Crippen LogP contribution < -0.4 is 21.9 Å². The summed E-state index contributed by atoms with van der Waals surface area (Å²) in [5.74, 6) is -0.505. The van der Waals surface area contributed by atoms with Crippen molar-refractivity contribution in [1.29, 1.82) is 0 Å². The second-order valence-electron chi connectivity index (χ2n) is 5.75. The van der Waals surface area contributed by atoms with Crippen molar-refractivity contribution in [2.75, 3.05) is 37.5 Å². The third-order valence-electron chi connectivity index (χ3n) is 3.82. The Morgan fingerprint density at radius 1 is 1.46 bits per heavy atom. The highest BCUT2D eigenvalue weighted by atomic mass is 16.5. The van der Waals surface area contributed by atoms with E-state index in [2.05, 4.69) is 11.6 Å². The number of H-pyrrole nitrogens is 1. The minimum atomic E-state index is -0.820. The summed E-state index contributed by atoms with van der Waals surface area (Å²) in [7, 11) is 1.48. The zero-order valence-electron chi connectivity index (χ0n) is 15.6. The van der Waals surface area contributed by atoms with Crippen LogP contribution in [0.5, 0.6) is 0 Å². The van der Waals surface area contributed by atoms with Gasteiger partial charge in [0.2, 0.25) is 0 Å². The summed E-state index contributed by atoms with van der Waals surface area (Å²) >= 11 is 0. The second kappa shape index (κ2) is 10.6. The normalized spacial score (nSPS) is 12.0. The number of nitrogens with two attached hydrogens (primary N) is 1. The highest BCUT2D eigenvalue weighted by Crippen LogP contribution is 2.18. The molecule has 0 aliphatic carbocycles. The van der Waals surface area contributed by atoms with Crippen molar-refractivity contribution in [1.82, 2.24) is 9.55 Å². The van der Waals surface area contributed by atoms with E-state index in [4.69, 9.17) is 15.2 Å². The van der Waals surface area contributed by atoms with Gasteiger partial charge in [-0.15, -0.1) is 6.58 Å². The number of methoxy groups -OCH3 is 1. The van der Waals surface area contributed by atoms with Gasteiger partial charge < -0.3 is 15.2 Å². The summed E-state index contributed by atoms with van der Waals surface area (Å²) in [4.78, 5) is 40.7. The van der Waals surface area contributed by atoms with Crippen molar-refractivity contribution in [2.24, 2.45) is 0 Å². The Balaban J connectivity index is 3.36. The number of anilines is 2. The first-order valence-electron chi connectivity index (χ1n) is 8.54. The number of unbranched alkanes of at least 4 members (excludes halogenated alkanes) is 1. The van der Waals surface area contributed by atoms with Crippen molar-refractivity contribution in [2.45, 2.75) is 39.3 Å². The monoisotopic (exact) mass is 368 g/mol. The largest absolute Gasteiger partial charge is 0.383 e. The number of nitrogens with zero attached hydrogens (tertiary/aromatic N) is 2. The van der Waals surface area contributed by atoms with Crippen LogP contribution in [0.2, 0.25) is 0 Å². The zero-order chi connectivity index (χ0) is 19.7. The molecule has 1 unspecified atom stereocenters. The number of amides is 1. The number of hydrogen-bond acceptors (Lipinski definition) is 6. The predicted molar refractivity (Wildman–Crippen MR) is 100 cm³/mol. The van der Waals surface area contributed by atoms with E-state index in [1.54, 1.807) is 6.92 Å². The minimum absolute atomic E-state index is 0.0485. The average molecular weight is 368 g/mol. The molecule has 0 aromatic carbocycles. The lowest BCUT2D eigenvalue weighted by Gasteiger charge is -2.26. The number of carbonyl (C=O) groups is 1. The number of aromatic nitrogens is 2. The Kier molecular flexibility index (Phi) is 8.80. The van der Waals surface area contributed by atoms with Gasteiger partial charge in [-0.3, -0.25) is 24.0 Å². The smallest absolute Gasteiger partial charge is 0.330 e. The van der Waals surface area contributed by atoms with Crippen LogP contribution in [-0.4, -0.2) is 48.4 Å². The van der Waals surface area contributed by atoms with E-state index in [1.165, 1.54) is 22.7 Å². The highest BCUT2D eigenvalue weighted by Gasteiger charge is 2.27. The quantitative estimate of drug-likeness (QED) is 0.549. The summed E-state index contributed by atoms with van der Waals surface area (Å²) in [5, 5.41) is 0. The van der Waals surface area contributed by atoms with Crippen LogP contribution >= 0.6 is 0 Å². The van der Waals surface area contributed by atoms with Gasteiger partial charge in [-0.1, -0.05) is 19.4 Å². The maximum atomic E-state index is 12.8. The van der Waals surface area contributed by atoms with E-state index in [1.807, 2.05) is 6.92 Å². The van der Waals surface area contributed by atoms with Crippen LogP contribution in [0.4, 0.5) is 11.5 Å². The lowest BCUT2D eigenvalue weighted by molar-refractivity contribution is -0.128. The van der Waals surface area contributed by atoms with E-state index in [0.717, 1.165) is 6.42 Å². The van der Waals surface area contributed by atoms with Crippen LogP contribution in [-0.2, 0) is 20.8 Å². The van der Waals surface area contributed by atoms with Gasteiger partial charge >= 0.3 is 5.69 Å². The molecule has 0 aliphatic rings. The van der Waals surface area contributed by atoms with E-state index >= 15 is 0 Å². The third kappa shape index (κ3) is 5.30. The Bertz CT molecular complexity index is 725. The molecule has 146 valence electrons. The first-order valence-corrected chi connectivity index (χ1v) is 8.54. The van der Waals surface area contributed by atoms with Crippen molar-refractivity contribution in [3.05, 3.63) is 33.5 Å². The maximum absolute atomic E-state index is 12.8. The molecule has 1 aromatic heterocycles. The molecule has 26 heavy (non-hydrogen) atoms. The SMILES string of the molecule is C=CCOC(C)C(=O)N(CCOC)c1c(N)n(CCCC)c(=O)[nH]c1=O. The molecule has 0 spiro atoms. The third-order valence-corrected chi connectivity index (χ3v) is 3.82. The van der Waals surface area contributed by atoms with Gasteiger partial charge in [-0.2, -0.15) is 0 Å². The van der Waals surface area contributed by atoms with E-state index in [9.17, 15) is 14.4 Å². The number of hydrogen-bond donors (Lipinski definition) is 2. The Morgan fingerprint density at radius 3 is 2.73 bits per heavy atom. The molecule has 0 bridgehead atoms. The molecular weight excluding hydrogens is 340 g/mol. The number of carbonyl (C=O) groups excluding carboxylic acids is 1. The molecule has 1 aromatic rings. The van der Waals surface area contributed by atoms with Gasteiger partial charge in [-0.05, 0) is 13.3 Å². The lowest BCUT2D eigenvalue weighted by Crippen LogP contribution is -2.46. The number of nitrogens with one attached hydrogen (secondary N) is 1. The first-order chi connectivity index (χ1) is 12.4. The topological polar surface area (TPSA) is 120 Å². The second-order valence-corrected chi connectivity index (χ2v) is 5.75. The van der Waals surface area contributed by atoms with Crippen LogP contribution in [0.15, 0.2) is 22.2 Å². The van der Waals surface area contributed by atoms with Crippen LogP contribution in [0, 0.1) is 0 Å². The fourth-order valence-electron chi connectivity index (χ4n) is 2.39. The van der Waals surface area contributed by atoms with Crippen LogP contribution in [0.25, 0.3) is 0 Å². The Morgan fingerprint density at radius 2 is 2.15 bits per heavy atom. The number of aromatic amines is 1. The highest BCUT2D eigenvalue weighted by molar-refractivity contribution is 5.98. The molecule has 0 saturated heterocycles. The first kappa shape index (κ1) is 21.7. The van der Waals surface area contributed by atoms with Gasteiger partial charge in [0, 0.05) is 20.2 Å². The zero-order valence-corrected chi connectivity index (χ0v) is 15.6. The van der Waals surface area contributed by atoms with Crippen molar-refractivity contribution in [3.63, 3.8) is 0 Å². The number of nitrogen functional groups attached to an aromatic ring is 1. The minimum Gasteiger partial charge on any atom is -0.383 e. The molecule has 9 heteroatoms. The summed E-state index contributed by atoms with van der Waals surface area (Å²) in [6.45, 7) is 7.90. The summed E-state index contributed by atoms with van der Waals surface area (Å²) in [6.07, 6.45) is 2.26. The van der Waals surface area contributed by atoms with Crippen LogP contribution in [0.1, 0.15) is 26.7 Å². The van der Waals surface area contributed by atoms with Gasteiger partial charge in [0.15, 0.2) is 5.69 Å². The van der Waals surface area contributed by atoms with Crippen molar-refractivity contribution >= 4 is 17.4 Å². The summed E-state index contributed by atoms with van der Waals surface area (Å²) in [5.41, 5.74) is 4.70. The lowest BCUT2D eigenvalue weighted by atomic mass is 10.2. The number of ether oxygens (including phenoxy) is 2. The fourth-order valence-corrected chi connectivity index (χ4v) is 2.39. The predicted octanol–water partition coefficient (Wildman–Crippen LogP) is 0.489. The van der Waals surface area contributed by atoms with Crippen molar-refractivity contribution in [3.8, 4) is 0 Å². The summed E-state index contributed by atoms with van der Waals surface area (Å²) < 4.78 is 11.7. The van der Waals surface area contributed by atoms with E-state index in [-0.39, 0.29) is 31.3 Å². The summed E-state index contributed by atoms with van der Waals surface area (Å²) in [6, 6.07) is 0. The van der Waals surface area contributed by atoms with Crippen molar-refractivity contribution < 1.29 is 14.3 Å². The molecule has 1 heterocycles. The molecule has 9 nitrogen and oxygen atoms in total. The molecule has 0 radical (unpaired) electrons. The Hall–Kier alpha value is -2.39. The molecule has 1 atom stereocenters. The molecule has 3 N–H and O–H groups in total. The van der Waals surface area contributed by atoms with E-state index in [0.29, 0.717) is 13.0 Å². The molecule has 1 rings (SSSR count). The van der Waals surface area contributed by atoms with Crippen LogP contribution in [0.3, 0.4) is 0 Å². The van der Waals surface area contributed by atoms with Gasteiger partial charge in [0.05, 0.1) is 13.2 Å². The molecular formula is C17H28N4O5. The number of rotatable bonds is 11. The standard InChI is InChI=1S/C17H28N4O5/c1-5-7-8-21-14(18)13(15(22)19-17(21)24)20(9-11-25-4)16(23)12(3)26-10-6-2/h6,12H,2,5,7-11,18H2,1,3-4H3,(H,19,22,24). The molecule has 1 amide bonds. The molecule has 0 fully saturated rings. The van der Waals surface area contributed by atoms with E-state index < -0.39 is 23.3 Å².